The maximum absolute atomic E-state index is 12.5. The topological polar surface area (TPSA) is 126 Å². The molecule has 32 heavy (non-hydrogen) atoms. The van der Waals surface area contributed by atoms with E-state index in [1.807, 2.05) is 0 Å². The second-order valence-electron chi connectivity index (χ2n) is 6.64. The van der Waals surface area contributed by atoms with Crippen molar-refractivity contribution in [2.75, 3.05) is 27.1 Å². The number of aromatic nitrogens is 1. The first kappa shape index (κ1) is 23.7. The number of halogens is 1. The Morgan fingerprint density at radius 1 is 0.969 bits per heavy atom. The van der Waals surface area contributed by atoms with Gasteiger partial charge in [-0.25, -0.2) is 16.8 Å². The Kier molecular flexibility index (Phi) is 7.16. The molecular weight excluding hydrogens is 520 g/mol. The highest BCUT2D eigenvalue weighted by atomic mass is 79.9. The van der Waals surface area contributed by atoms with Crippen LogP contribution in [0, 0.1) is 0 Å². The van der Waals surface area contributed by atoms with Gasteiger partial charge in [0.25, 0.3) is 10.0 Å². The molecule has 1 amide bonds. The highest BCUT2D eigenvalue weighted by Gasteiger charge is 2.23. The first-order chi connectivity index (χ1) is 15.1. The van der Waals surface area contributed by atoms with Gasteiger partial charge in [-0.15, -0.1) is 0 Å². The van der Waals surface area contributed by atoms with Gasteiger partial charge in [0.1, 0.15) is 6.54 Å². The van der Waals surface area contributed by atoms with Gasteiger partial charge < -0.3 is 5.32 Å². The minimum absolute atomic E-state index is 0.00895. The normalized spacial score (nSPS) is 11.6. The average molecular weight is 539 g/mol. The predicted molar refractivity (Wildman–Crippen MR) is 126 cm³/mol. The van der Waals surface area contributed by atoms with E-state index in [0.29, 0.717) is 21.5 Å². The molecule has 3 rings (SSSR count). The third kappa shape index (κ3) is 6.05. The summed E-state index contributed by atoms with van der Waals surface area (Å²) in [5, 5.41) is 2.58. The second kappa shape index (κ2) is 9.67. The molecule has 0 saturated heterocycles. The van der Waals surface area contributed by atoms with Gasteiger partial charge >= 0.3 is 0 Å². The van der Waals surface area contributed by atoms with E-state index < -0.39 is 32.5 Å². The van der Waals surface area contributed by atoms with E-state index in [9.17, 15) is 21.6 Å². The molecule has 2 aromatic carbocycles. The van der Waals surface area contributed by atoms with Gasteiger partial charge in [0, 0.05) is 16.4 Å². The molecule has 0 bridgehead atoms. The van der Waals surface area contributed by atoms with Crippen LogP contribution in [0.25, 0.3) is 0 Å². The Bertz CT molecular complexity index is 1320. The molecule has 9 nitrogen and oxygen atoms in total. The van der Waals surface area contributed by atoms with Crippen LogP contribution in [0.4, 0.5) is 17.1 Å². The van der Waals surface area contributed by atoms with Crippen LogP contribution in [-0.4, -0.2) is 40.5 Å². The van der Waals surface area contributed by atoms with E-state index in [-0.39, 0.29) is 4.90 Å². The van der Waals surface area contributed by atoms with Crippen LogP contribution in [0.3, 0.4) is 0 Å². The zero-order valence-corrected chi connectivity index (χ0v) is 20.0. The number of rotatable bonds is 8. The van der Waals surface area contributed by atoms with Crippen LogP contribution in [0.1, 0.15) is 0 Å². The van der Waals surface area contributed by atoms with Gasteiger partial charge in [-0.3, -0.25) is 18.8 Å². The smallest absolute Gasteiger partial charge is 0.261 e. The van der Waals surface area contributed by atoms with Gasteiger partial charge in [-0.05, 0) is 64.5 Å². The van der Waals surface area contributed by atoms with E-state index in [2.05, 4.69) is 31.0 Å². The Labute approximate surface area is 194 Å². The number of carbonyl (C=O) groups excluding carboxylic acids is 1. The molecule has 0 radical (unpaired) electrons. The lowest BCUT2D eigenvalue weighted by atomic mass is 10.3. The zero-order valence-electron chi connectivity index (χ0n) is 16.8. The number of hydrogen-bond acceptors (Lipinski definition) is 6. The summed E-state index contributed by atoms with van der Waals surface area (Å²) in [4.78, 5) is 16.4. The summed E-state index contributed by atoms with van der Waals surface area (Å²) in [6, 6.07) is 15.3. The standard InChI is InChI=1S/C20H19BrN4O5S2/c1-31(27,28)25(19-7-3-2-6-18(19)21)14-20(26)23-15-8-10-17(11-9-15)32(29,30)24-16-5-4-12-22-13-16/h2-13,24H,14H2,1H3,(H,23,26). The Balaban J connectivity index is 1.72. The Hall–Kier alpha value is -2.96. The molecule has 0 aliphatic heterocycles. The Morgan fingerprint density at radius 2 is 1.66 bits per heavy atom. The van der Waals surface area contributed by atoms with Crippen LogP contribution in [0.5, 0.6) is 0 Å². The first-order valence-corrected chi connectivity index (χ1v) is 13.2. The minimum atomic E-state index is -3.83. The van der Waals surface area contributed by atoms with Crippen molar-refractivity contribution in [3.8, 4) is 0 Å². The first-order valence-electron chi connectivity index (χ1n) is 9.11. The summed E-state index contributed by atoms with van der Waals surface area (Å²) in [5.41, 5.74) is 0.960. The molecule has 1 heterocycles. The predicted octanol–water partition coefficient (Wildman–Crippen LogP) is 3.05. The second-order valence-corrected chi connectivity index (χ2v) is 11.1. The van der Waals surface area contributed by atoms with E-state index in [4.69, 9.17) is 0 Å². The molecule has 2 N–H and O–H groups in total. The number of pyridine rings is 1. The number of anilines is 3. The third-order valence-corrected chi connectivity index (χ3v) is 7.37. The van der Waals surface area contributed by atoms with Crippen molar-refractivity contribution in [3.05, 3.63) is 77.5 Å². The van der Waals surface area contributed by atoms with E-state index in [0.717, 1.165) is 10.6 Å². The third-order valence-electron chi connectivity index (χ3n) is 4.17. The number of amides is 1. The van der Waals surface area contributed by atoms with Gasteiger partial charge in [0.15, 0.2) is 0 Å². The number of sulfonamides is 2. The van der Waals surface area contributed by atoms with Crippen molar-refractivity contribution in [2.24, 2.45) is 0 Å². The largest absolute Gasteiger partial charge is 0.325 e. The molecule has 0 saturated carbocycles. The van der Waals surface area contributed by atoms with Crippen LogP contribution >= 0.6 is 15.9 Å². The molecule has 12 heteroatoms. The number of benzene rings is 2. The molecule has 168 valence electrons. The van der Waals surface area contributed by atoms with Crippen molar-refractivity contribution in [3.63, 3.8) is 0 Å². The highest BCUT2D eigenvalue weighted by molar-refractivity contribution is 9.10. The number of hydrogen-bond donors (Lipinski definition) is 2. The molecule has 1 aromatic heterocycles. The lowest BCUT2D eigenvalue weighted by Gasteiger charge is -2.23. The van der Waals surface area contributed by atoms with Gasteiger partial charge in [0.2, 0.25) is 15.9 Å². The number of nitrogens with one attached hydrogen (secondary N) is 2. The van der Waals surface area contributed by atoms with Crippen molar-refractivity contribution in [2.45, 2.75) is 4.90 Å². The zero-order chi connectivity index (χ0) is 23.4. The fourth-order valence-electron chi connectivity index (χ4n) is 2.72. The molecule has 3 aromatic rings. The fraction of sp³-hybridized carbons (Fsp3) is 0.100. The van der Waals surface area contributed by atoms with Crippen molar-refractivity contribution in [1.82, 2.24) is 4.98 Å². The number of para-hydroxylation sites is 1. The molecule has 0 aliphatic rings. The summed E-state index contributed by atoms with van der Waals surface area (Å²) < 4.78 is 53.3. The summed E-state index contributed by atoms with van der Waals surface area (Å²) >= 11 is 3.29. The average Bonchev–Trinajstić information content (AvgIpc) is 2.73. The molecular formula is C20H19BrN4O5S2. The maximum Gasteiger partial charge on any atom is 0.261 e. The molecule has 0 spiro atoms. The van der Waals surface area contributed by atoms with Crippen molar-refractivity contribution >= 4 is 58.9 Å². The highest BCUT2D eigenvalue weighted by Crippen LogP contribution is 2.27. The monoisotopic (exact) mass is 538 g/mol. The van der Waals surface area contributed by atoms with Crippen LogP contribution in [0.2, 0.25) is 0 Å². The quantitative estimate of drug-likeness (QED) is 0.454. The minimum Gasteiger partial charge on any atom is -0.325 e. The van der Waals surface area contributed by atoms with E-state index in [1.54, 1.807) is 36.4 Å². The van der Waals surface area contributed by atoms with Crippen molar-refractivity contribution < 1.29 is 21.6 Å². The lowest BCUT2D eigenvalue weighted by molar-refractivity contribution is -0.114. The molecule has 0 unspecified atom stereocenters. The summed E-state index contributed by atoms with van der Waals surface area (Å²) in [6.07, 6.45) is 3.91. The summed E-state index contributed by atoms with van der Waals surface area (Å²) in [7, 11) is -7.57. The summed E-state index contributed by atoms with van der Waals surface area (Å²) in [6.45, 7) is -0.454. The molecule has 0 aliphatic carbocycles. The van der Waals surface area contributed by atoms with Gasteiger partial charge in [-0.2, -0.15) is 0 Å². The SMILES string of the molecule is CS(=O)(=O)N(CC(=O)Nc1ccc(S(=O)(=O)Nc2cccnc2)cc1)c1ccccc1Br. The summed E-state index contributed by atoms with van der Waals surface area (Å²) in [5.74, 6) is -0.588. The van der Waals surface area contributed by atoms with Crippen molar-refractivity contribution in [1.29, 1.82) is 0 Å². The van der Waals surface area contributed by atoms with Crippen LogP contribution in [0.15, 0.2) is 82.4 Å². The van der Waals surface area contributed by atoms with Gasteiger partial charge in [-0.1, -0.05) is 12.1 Å². The lowest BCUT2D eigenvalue weighted by Crippen LogP contribution is -2.37. The number of carbonyl (C=O) groups is 1. The molecule has 0 fully saturated rings. The van der Waals surface area contributed by atoms with Crippen LogP contribution in [-0.2, 0) is 24.8 Å². The van der Waals surface area contributed by atoms with Crippen LogP contribution < -0.4 is 14.3 Å². The van der Waals surface area contributed by atoms with E-state index in [1.165, 1.54) is 36.7 Å². The van der Waals surface area contributed by atoms with Gasteiger partial charge in [0.05, 0.1) is 28.7 Å². The van der Waals surface area contributed by atoms with E-state index >= 15 is 0 Å². The fourth-order valence-corrected chi connectivity index (χ4v) is 5.25. The Morgan fingerprint density at radius 3 is 2.25 bits per heavy atom. The molecule has 0 atom stereocenters. The number of nitrogens with zero attached hydrogens (tertiary/aromatic N) is 2. The maximum atomic E-state index is 12.5.